The van der Waals surface area contributed by atoms with Crippen molar-refractivity contribution in [2.24, 2.45) is 0 Å². The Morgan fingerprint density at radius 3 is 2.55 bits per heavy atom. The van der Waals surface area contributed by atoms with E-state index in [0.717, 1.165) is 12.1 Å². The maximum atomic E-state index is 12.6. The summed E-state index contributed by atoms with van der Waals surface area (Å²) < 4.78 is 42.8. The zero-order valence-corrected chi connectivity index (χ0v) is 11.2. The van der Waals surface area contributed by atoms with Gasteiger partial charge in [-0.25, -0.2) is 0 Å². The molecule has 0 aliphatic heterocycles. The van der Waals surface area contributed by atoms with Crippen molar-refractivity contribution in [1.82, 2.24) is 0 Å². The van der Waals surface area contributed by atoms with Crippen molar-refractivity contribution in [2.75, 3.05) is 0 Å². The molecule has 0 unspecified atom stereocenters. The van der Waals surface area contributed by atoms with E-state index in [1.54, 1.807) is 12.1 Å². The van der Waals surface area contributed by atoms with Gasteiger partial charge < -0.3 is 4.74 Å². The maximum absolute atomic E-state index is 12.6. The van der Waals surface area contributed by atoms with Crippen LogP contribution < -0.4 is 4.74 Å². The summed E-state index contributed by atoms with van der Waals surface area (Å²) in [5, 5.41) is 8.88. The van der Waals surface area contributed by atoms with Gasteiger partial charge in [-0.2, -0.15) is 18.4 Å². The molecule has 0 aliphatic rings. The van der Waals surface area contributed by atoms with Gasteiger partial charge in [0.15, 0.2) is 0 Å². The minimum absolute atomic E-state index is 0.0852. The first-order chi connectivity index (χ1) is 10.4. The molecule has 0 saturated heterocycles. The number of ether oxygens (including phenoxy) is 1. The van der Waals surface area contributed by atoms with Crippen LogP contribution in [0.25, 0.3) is 0 Å². The summed E-state index contributed by atoms with van der Waals surface area (Å²) in [6.07, 6.45) is -4.78. The average molecular weight is 305 g/mol. The first-order valence-corrected chi connectivity index (χ1v) is 6.26. The summed E-state index contributed by atoms with van der Waals surface area (Å²) in [6, 6.07) is 12.5. The lowest BCUT2D eigenvalue weighted by molar-refractivity contribution is -0.138. The van der Waals surface area contributed by atoms with Crippen LogP contribution in [0, 0.1) is 11.3 Å². The Balaban J connectivity index is 2.12. The van der Waals surface area contributed by atoms with E-state index in [1.807, 2.05) is 6.07 Å². The molecule has 0 atom stereocenters. The summed E-state index contributed by atoms with van der Waals surface area (Å²) in [5.41, 5.74) is -0.454. The second-order valence-electron chi connectivity index (χ2n) is 4.46. The maximum Gasteiger partial charge on any atom is 0.416 e. The van der Waals surface area contributed by atoms with Gasteiger partial charge in [0.2, 0.25) is 0 Å². The van der Waals surface area contributed by atoms with Crippen LogP contribution in [-0.4, -0.2) is 5.97 Å². The Morgan fingerprint density at radius 2 is 1.86 bits per heavy atom. The highest BCUT2D eigenvalue weighted by atomic mass is 19.4. The monoisotopic (exact) mass is 305 g/mol. The van der Waals surface area contributed by atoms with Gasteiger partial charge in [-0.1, -0.05) is 30.3 Å². The molecule has 0 N–H and O–H groups in total. The van der Waals surface area contributed by atoms with Crippen LogP contribution in [0.1, 0.15) is 16.7 Å². The molecule has 0 saturated carbocycles. The topological polar surface area (TPSA) is 50.1 Å². The molecule has 0 fully saturated rings. The van der Waals surface area contributed by atoms with Gasteiger partial charge in [-0.15, -0.1) is 0 Å². The van der Waals surface area contributed by atoms with Gasteiger partial charge in [0.05, 0.1) is 17.5 Å². The van der Waals surface area contributed by atoms with Crippen molar-refractivity contribution in [2.45, 2.75) is 12.6 Å². The second kappa shape index (κ2) is 6.31. The number of esters is 1. The van der Waals surface area contributed by atoms with Crippen molar-refractivity contribution < 1.29 is 22.7 Å². The molecule has 6 heteroatoms. The molecule has 22 heavy (non-hydrogen) atoms. The fraction of sp³-hybridized carbons (Fsp3) is 0.125. The van der Waals surface area contributed by atoms with Gasteiger partial charge in [-0.3, -0.25) is 4.79 Å². The number of nitrogens with zero attached hydrogens (tertiary/aromatic N) is 1. The van der Waals surface area contributed by atoms with Crippen molar-refractivity contribution in [3.8, 4) is 11.8 Å². The molecule has 112 valence electrons. The third-order valence-electron chi connectivity index (χ3n) is 2.83. The van der Waals surface area contributed by atoms with Gasteiger partial charge in [0, 0.05) is 0 Å². The summed E-state index contributed by atoms with van der Waals surface area (Å²) in [5.74, 6) is -0.649. The Bertz CT molecular complexity index is 733. The number of carbonyl (C=O) groups is 1. The minimum atomic E-state index is -4.46. The summed E-state index contributed by atoms with van der Waals surface area (Å²) in [4.78, 5) is 11.8. The lowest BCUT2D eigenvalue weighted by Gasteiger charge is -2.09. The molecular weight excluding hydrogens is 295 g/mol. The first kappa shape index (κ1) is 15.6. The number of rotatable bonds is 3. The summed E-state index contributed by atoms with van der Waals surface area (Å²) >= 11 is 0. The van der Waals surface area contributed by atoms with E-state index in [1.165, 1.54) is 24.3 Å². The van der Waals surface area contributed by atoms with Crippen molar-refractivity contribution >= 4 is 5.97 Å². The summed E-state index contributed by atoms with van der Waals surface area (Å²) in [7, 11) is 0. The highest BCUT2D eigenvalue weighted by molar-refractivity contribution is 5.76. The molecule has 2 rings (SSSR count). The lowest BCUT2D eigenvalue weighted by Crippen LogP contribution is -2.13. The number of carbonyl (C=O) groups excluding carboxylic acids is 1. The number of para-hydroxylation sites is 1. The zero-order valence-electron chi connectivity index (χ0n) is 11.2. The third kappa shape index (κ3) is 3.85. The number of hydrogen-bond donors (Lipinski definition) is 0. The van der Waals surface area contributed by atoms with Crippen molar-refractivity contribution in [3.63, 3.8) is 0 Å². The van der Waals surface area contributed by atoms with E-state index in [2.05, 4.69) is 0 Å². The Morgan fingerprint density at radius 1 is 1.14 bits per heavy atom. The van der Waals surface area contributed by atoms with Crippen LogP contribution in [-0.2, 0) is 17.4 Å². The van der Waals surface area contributed by atoms with Crippen molar-refractivity contribution in [1.29, 1.82) is 5.26 Å². The van der Waals surface area contributed by atoms with Crippen LogP contribution in [0.5, 0.6) is 5.75 Å². The normalized spacial score (nSPS) is 10.8. The molecule has 0 bridgehead atoms. The lowest BCUT2D eigenvalue weighted by atomic mass is 10.1. The molecular formula is C16H10F3NO2. The Kier molecular flexibility index (Phi) is 4.47. The Hall–Kier alpha value is -2.81. The van der Waals surface area contributed by atoms with E-state index in [9.17, 15) is 18.0 Å². The van der Waals surface area contributed by atoms with Gasteiger partial charge in [0.25, 0.3) is 0 Å². The van der Waals surface area contributed by atoms with Crippen LogP contribution in [0.2, 0.25) is 0 Å². The molecule has 0 amide bonds. The molecule has 0 aliphatic carbocycles. The largest absolute Gasteiger partial charge is 0.425 e. The van der Waals surface area contributed by atoms with Crippen LogP contribution in [0.3, 0.4) is 0 Å². The van der Waals surface area contributed by atoms with E-state index in [0.29, 0.717) is 0 Å². The fourth-order valence-electron chi connectivity index (χ4n) is 1.83. The number of hydrogen-bond acceptors (Lipinski definition) is 3. The van der Waals surface area contributed by atoms with Crippen LogP contribution in [0.4, 0.5) is 13.2 Å². The highest BCUT2D eigenvalue weighted by Crippen LogP contribution is 2.29. The molecule has 2 aromatic rings. The van der Waals surface area contributed by atoms with E-state index in [4.69, 9.17) is 10.00 Å². The molecule has 0 heterocycles. The molecule has 3 nitrogen and oxygen atoms in total. The van der Waals surface area contributed by atoms with E-state index < -0.39 is 17.7 Å². The standard InChI is InChI=1S/C16H10F3NO2/c17-16(18,19)13-6-3-4-11(8-13)9-15(21)22-14-7-2-1-5-12(14)10-20/h1-8H,9H2. The molecule has 0 spiro atoms. The zero-order chi connectivity index (χ0) is 16.2. The average Bonchev–Trinajstić information content (AvgIpc) is 2.47. The van der Waals surface area contributed by atoms with Gasteiger partial charge in [-0.05, 0) is 23.8 Å². The van der Waals surface area contributed by atoms with Gasteiger partial charge >= 0.3 is 12.1 Å². The second-order valence-corrected chi connectivity index (χ2v) is 4.46. The van der Waals surface area contributed by atoms with Crippen LogP contribution >= 0.6 is 0 Å². The third-order valence-corrected chi connectivity index (χ3v) is 2.83. The van der Waals surface area contributed by atoms with E-state index >= 15 is 0 Å². The smallest absolute Gasteiger partial charge is 0.416 e. The summed E-state index contributed by atoms with van der Waals surface area (Å²) in [6.45, 7) is 0. The number of halogens is 3. The minimum Gasteiger partial charge on any atom is -0.425 e. The van der Waals surface area contributed by atoms with E-state index in [-0.39, 0.29) is 23.3 Å². The predicted octanol–water partition coefficient (Wildman–Crippen LogP) is 3.73. The quantitative estimate of drug-likeness (QED) is 0.641. The molecule has 0 aromatic heterocycles. The number of nitriles is 1. The SMILES string of the molecule is N#Cc1ccccc1OC(=O)Cc1cccc(C(F)(F)F)c1. The van der Waals surface area contributed by atoms with Crippen molar-refractivity contribution in [3.05, 3.63) is 65.2 Å². The fourth-order valence-corrected chi connectivity index (χ4v) is 1.83. The number of benzene rings is 2. The highest BCUT2D eigenvalue weighted by Gasteiger charge is 2.30. The molecule has 2 aromatic carbocycles. The van der Waals surface area contributed by atoms with Crippen LogP contribution in [0.15, 0.2) is 48.5 Å². The Labute approximate surface area is 124 Å². The number of alkyl halides is 3. The molecule has 0 radical (unpaired) electrons. The predicted molar refractivity (Wildman–Crippen MR) is 71.9 cm³/mol. The van der Waals surface area contributed by atoms with Gasteiger partial charge in [0.1, 0.15) is 11.8 Å². The first-order valence-electron chi connectivity index (χ1n) is 6.26.